The number of amidine groups is 1. The first-order chi connectivity index (χ1) is 21.2. The minimum Gasteiger partial charge on any atom is -0.466 e. The number of amides is 4. The zero-order chi connectivity index (χ0) is 34.8. The van der Waals surface area contributed by atoms with Crippen LogP contribution < -0.4 is 38.0 Å². The van der Waals surface area contributed by atoms with E-state index < -0.39 is 41.1 Å². The second-order valence-electron chi connectivity index (χ2n) is 11.1. The maximum absolute atomic E-state index is 13.1. The molecule has 4 amide bonds. The van der Waals surface area contributed by atoms with Gasteiger partial charge in [-0.25, -0.2) is 16.4 Å². The highest BCUT2D eigenvalue weighted by Crippen LogP contribution is 2.37. The highest BCUT2D eigenvalue weighted by molar-refractivity contribution is 6.05. The smallest absolute Gasteiger partial charge is 0.311 e. The highest BCUT2D eigenvalue weighted by atomic mass is 16.5. The number of carbonyl (C=O) groups is 5. The summed E-state index contributed by atoms with van der Waals surface area (Å²) in [6, 6.07) is 2.54. The number of carbonyl (C=O) groups excluding carboxylic acids is 5. The standard InChI is InChI=1S/C26H41N9O6.2C2H6/c1-6-41-24(40)26(4,5)15-25(2,3)11-19(36)30-13-20(37)31-14-21(38)35-17(10-16-8-7-9-29-22(16)35)23(39)32-12-18(27)33-34-28;2*1-2/h7-9,17,34H,6,10-15,28H2,1-5H3,(H2,27,33)(H,30,36)(H,31,37)(H,32,39);2*1-2H3. The molecule has 1 aromatic heterocycles. The summed E-state index contributed by atoms with van der Waals surface area (Å²) in [7, 11) is 0. The topological polar surface area (TPSA) is 223 Å². The van der Waals surface area contributed by atoms with Crippen molar-refractivity contribution in [1.29, 1.82) is 0 Å². The molecule has 2 heterocycles. The van der Waals surface area contributed by atoms with Crippen LogP contribution in [0.2, 0.25) is 0 Å². The molecule has 0 bridgehead atoms. The third kappa shape index (κ3) is 13.5. The summed E-state index contributed by atoms with van der Waals surface area (Å²) in [5.74, 6) is 3.08. The lowest BCUT2D eigenvalue weighted by atomic mass is 9.73. The summed E-state index contributed by atoms with van der Waals surface area (Å²) >= 11 is 0. The van der Waals surface area contributed by atoms with Crippen molar-refractivity contribution in [2.24, 2.45) is 27.5 Å². The normalized spacial score (nSPS) is 14.0. The van der Waals surface area contributed by atoms with Crippen molar-refractivity contribution in [3.63, 3.8) is 0 Å². The predicted molar refractivity (Wildman–Crippen MR) is 173 cm³/mol. The van der Waals surface area contributed by atoms with Gasteiger partial charge in [0.25, 0.3) is 0 Å². The first kappa shape index (κ1) is 40.7. The molecule has 254 valence electrons. The van der Waals surface area contributed by atoms with E-state index in [-0.39, 0.29) is 50.3 Å². The number of aromatic nitrogens is 1. The highest BCUT2D eigenvalue weighted by Gasteiger charge is 2.39. The maximum Gasteiger partial charge on any atom is 0.311 e. The number of nitrogens with zero attached hydrogens (tertiary/aromatic N) is 3. The molecule has 1 aliphatic heterocycles. The molecule has 1 aliphatic rings. The molecule has 15 nitrogen and oxygen atoms in total. The summed E-state index contributed by atoms with van der Waals surface area (Å²) in [6.45, 7) is 16.4. The lowest BCUT2D eigenvalue weighted by molar-refractivity contribution is -0.155. The summed E-state index contributed by atoms with van der Waals surface area (Å²) in [4.78, 5) is 68.6. The van der Waals surface area contributed by atoms with Crippen molar-refractivity contribution in [1.82, 2.24) is 26.5 Å². The lowest BCUT2D eigenvalue weighted by Gasteiger charge is -2.32. The second kappa shape index (κ2) is 19.9. The minimum absolute atomic E-state index is 0.0350. The van der Waals surface area contributed by atoms with Crippen LogP contribution in [-0.4, -0.2) is 72.7 Å². The van der Waals surface area contributed by atoms with Crippen LogP contribution in [0.5, 0.6) is 0 Å². The van der Waals surface area contributed by atoms with E-state index >= 15 is 0 Å². The number of ether oxygens (including phenoxy) is 1. The third-order valence-corrected chi connectivity index (χ3v) is 6.31. The van der Waals surface area contributed by atoms with Gasteiger partial charge >= 0.3 is 5.97 Å². The fourth-order valence-electron chi connectivity index (χ4n) is 4.83. The number of esters is 1. The van der Waals surface area contributed by atoms with Crippen LogP contribution in [-0.2, 0) is 35.1 Å². The molecule has 8 N–H and O–H groups in total. The Morgan fingerprint density at radius 1 is 1.00 bits per heavy atom. The number of hydrogen-bond donors (Lipinski definition) is 6. The van der Waals surface area contributed by atoms with Crippen molar-refractivity contribution < 1.29 is 28.7 Å². The van der Waals surface area contributed by atoms with E-state index in [1.807, 2.05) is 47.1 Å². The van der Waals surface area contributed by atoms with E-state index in [9.17, 15) is 24.0 Å². The molecule has 0 aromatic carbocycles. The Hall–Kier alpha value is -4.27. The minimum atomic E-state index is -0.913. The quantitative estimate of drug-likeness (QED) is 0.0556. The molecular formula is C30H53N9O6. The summed E-state index contributed by atoms with van der Waals surface area (Å²) in [6.07, 6.45) is 2.20. The van der Waals surface area contributed by atoms with Gasteiger partial charge in [-0.05, 0) is 44.2 Å². The van der Waals surface area contributed by atoms with Crippen molar-refractivity contribution in [3.05, 3.63) is 23.9 Å². The number of fused-ring (bicyclic) bond motifs is 1. The molecule has 0 saturated carbocycles. The number of pyridine rings is 1. The average Bonchev–Trinajstić information content (AvgIpc) is 3.39. The van der Waals surface area contributed by atoms with Crippen LogP contribution in [0.25, 0.3) is 0 Å². The van der Waals surface area contributed by atoms with Crippen molar-refractivity contribution in [2.45, 2.75) is 87.6 Å². The first-order valence-corrected chi connectivity index (χ1v) is 15.2. The fraction of sp³-hybridized carbons (Fsp3) is 0.633. The molecule has 0 spiro atoms. The Morgan fingerprint density at radius 3 is 2.22 bits per heavy atom. The van der Waals surface area contributed by atoms with Crippen LogP contribution >= 0.6 is 0 Å². The van der Waals surface area contributed by atoms with E-state index in [0.29, 0.717) is 17.8 Å². The lowest BCUT2D eigenvalue weighted by Crippen LogP contribution is -2.52. The van der Waals surface area contributed by atoms with Gasteiger partial charge in [0.15, 0.2) is 0 Å². The van der Waals surface area contributed by atoms with Crippen molar-refractivity contribution in [3.8, 4) is 0 Å². The van der Waals surface area contributed by atoms with E-state index in [2.05, 4.69) is 26.0 Å². The van der Waals surface area contributed by atoms with E-state index in [1.165, 1.54) is 11.1 Å². The number of nitrogens with two attached hydrogens (primary N) is 2. The van der Waals surface area contributed by atoms with Crippen molar-refractivity contribution >= 4 is 41.3 Å². The molecule has 0 fully saturated rings. The van der Waals surface area contributed by atoms with Gasteiger partial charge in [0.05, 0.1) is 31.7 Å². The van der Waals surface area contributed by atoms with Crippen molar-refractivity contribution in [2.75, 3.05) is 31.1 Å². The van der Waals surface area contributed by atoms with E-state index in [0.717, 1.165) is 0 Å². The maximum atomic E-state index is 13.1. The number of hydrogen-bond acceptors (Lipinski definition) is 10. The largest absolute Gasteiger partial charge is 0.466 e. The van der Waals surface area contributed by atoms with Crippen LogP contribution in [0.1, 0.15) is 80.7 Å². The molecule has 45 heavy (non-hydrogen) atoms. The van der Waals surface area contributed by atoms with Crippen LogP contribution in [0.3, 0.4) is 0 Å². The molecule has 0 aliphatic carbocycles. The summed E-state index contributed by atoms with van der Waals surface area (Å²) < 4.78 is 5.12. The van der Waals surface area contributed by atoms with Gasteiger partial charge in [-0.15, -0.1) is 0 Å². The van der Waals surface area contributed by atoms with Crippen LogP contribution in [0, 0.1) is 10.8 Å². The zero-order valence-electron chi connectivity index (χ0n) is 28.2. The molecule has 1 aromatic rings. The number of anilines is 1. The SMILES string of the molecule is CC.CC.CCOC(=O)C(C)(C)CC(C)(C)CC(=O)NCC(=O)NCC(=O)N1c2ncccc2CC1C(=O)NC/C(N)=N/NN. The zero-order valence-corrected chi connectivity index (χ0v) is 28.2. The Labute approximate surface area is 266 Å². The van der Waals surface area contributed by atoms with Gasteiger partial charge in [-0.2, -0.15) is 5.10 Å². The molecule has 15 heteroatoms. The molecule has 1 atom stereocenters. The van der Waals surface area contributed by atoms with Crippen LogP contribution in [0.4, 0.5) is 5.82 Å². The fourth-order valence-corrected chi connectivity index (χ4v) is 4.83. The predicted octanol–water partition coefficient (Wildman–Crippen LogP) is 0.872. The second-order valence-corrected chi connectivity index (χ2v) is 11.1. The Kier molecular flexibility index (Phi) is 18.0. The summed E-state index contributed by atoms with van der Waals surface area (Å²) in [5.41, 5.74) is 7.02. The number of nitrogens with one attached hydrogen (secondary N) is 4. The van der Waals surface area contributed by atoms with Gasteiger partial charge in [0, 0.05) is 19.0 Å². The van der Waals surface area contributed by atoms with Gasteiger partial charge in [-0.1, -0.05) is 47.6 Å². The van der Waals surface area contributed by atoms with Crippen LogP contribution in [0.15, 0.2) is 23.4 Å². The third-order valence-electron chi connectivity index (χ3n) is 6.31. The Morgan fingerprint density at radius 2 is 1.62 bits per heavy atom. The Bertz CT molecular complexity index is 1170. The van der Waals surface area contributed by atoms with Gasteiger partial charge in [-0.3, -0.25) is 28.9 Å². The van der Waals surface area contributed by atoms with E-state index in [1.54, 1.807) is 32.9 Å². The van der Waals surface area contributed by atoms with Gasteiger partial charge in [0.1, 0.15) is 17.7 Å². The molecule has 0 radical (unpaired) electrons. The number of hydrazone groups is 1. The number of hydrazine groups is 1. The number of rotatable bonds is 14. The first-order valence-electron chi connectivity index (χ1n) is 15.2. The molecule has 2 rings (SSSR count). The Balaban J connectivity index is 0.00000464. The average molecular weight is 636 g/mol. The summed E-state index contributed by atoms with van der Waals surface area (Å²) in [5, 5.41) is 11.2. The van der Waals surface area contributed by atoms with Gasteiger partial charge in [0.2, 0.25) is 23.6 Å². The monoisotopic (exact) mass is 635 g/mol. The van der Waals surface area contributed by atoms with E-state index in [4.69, 9.17) is 16.3 Å². The molecule has 1 unspecified atom stereocenters. The van der Waals surface area contributed by atoms with Gasteiger partial charge < -0.3 is 26.4 Å². The molecular weight excluding hydrogens is 582 g/mol. The molecule has 0 saturated heterocycles.